The van der Waals surface area contributed by atoms with E-state index in [2.05, 4.69) is 29.6 Å². The van der Waals surface area contributed by atoms with Gasteiger partial charge in [-0.05, 0) is 0 Å². The Kier molecular flexibility index (Phi) is 11.9. The fourth-order valence-corrected chi connectivity index (χ4v) is 0.558. The molecule has 0 atom stereocenters. The summed E-state index contributed by atoms with van der Waals surface area (Å²) in [6, 6.07) is 0. The predicted molar refractivity (Wildman–Crippen MR) is 42.3 cm³/mol. The molecule has 2 aliphatic heterocycles. The molecule has 14 heavy (non-hydrogen) atoms. The quantitative estimate of drug-likeness (QED) is 0.534. The normalized spacial score (nSPS) is 20.9. The van der Waals surface area contributed by atoms with Crippen LogP contribution in [0.2, 0.25) is 0 Å². The largest absolute Gasteiger partial charge is 0.307 e. The van der Waals surface area contributed by atoms with Crippen molar-refractivity contribution >= 4 is 6.79 Å². The third-order valence-electron chi connectivity index (χ3n) is 1.10. The van der Waals surface area contributed by atoms with Gasteiger partial charge in [-0.3, -0.25) is 0 Å². The lowest BCUT2D eigenvalue weighted by atomic mass is 10.5. The molecule has 0 spiro atoms. The zero-order valence-corrected chi connectivity index (χ0v) is 7.81. The maximum atomic E-state index is 8.00. The molecule has 2 fully saturated rings. The maximum Gasteiger partial charge on any atom is 0.106 e. The summed E-state index contributed by atoms with van der Waals surface area (Å²) in [4.78, 5) is 25.4. The van der Waals surface area contributed by atoms with Gasteiger partial charge in [0.15, 0.2) is 0 Å². The van der Waals surface area contributed by atoms with Crippen molar-refractivity contribution in [3.05, 3.63) is 0 Å². The van der Waals surface area contributed by atoms with Crippen LogP contribution in [0.5, 0.6) is 0 Å². The fraction of sp³-hybridized carbons (Fsp3) is 0.857. The number of hydrogen-bond donors (Lipinski definition) is 0. The van der Waals surface area contributed by atoms with E-state index in [1.165, 1.54) is 0 Å². The summed E-state index contributed by atoms with van der Waals surface area (Å²) in [6.45, 7) is 4.61. The molecule has 2 rings (SSSR count). The molecule has 0 amide bonds. The van der Waals surface area contributed by atoms with Gasteiger partial charge in [0.25, 0.3) is 0 Å². The van der Waals surface area contributed by atoms with Crippen LogP contribution in [-0.4, -0.2) is 33.2 Å². The van der Waals surface area contributed by atoms with Gasteiger partial charge < -0.3 is 4.79 Å². The average Bonchev–Trinajstić information content (AvgIpc) is 2.37. The van der Waals surface area contributed by atoms with E-state index in [0.29, 0.717) is 26.4 Å². The van der Waals surface area contributed by atoms with Gasteiger partial charge in [-0.15, -0.1) is 0 Å². The second-order valence-electron chi connectivity index (χ2n) is 2.13. The highest BCUT2D eigenvalue weighted by atomic mass is 17.5. The lowest BCUT2D eigenvalue weighted by molar-refractivity contribution is -0.532. The lowest BCUT2D eigenvalue weighted by Crippen LogP contribution is -2.08. The molecule has 2 aliphatic rings. The van der Waals surface area contributed by atoms with E-state index >= 15 is 0 Å². The molecular formula is C7H14O7. The van der Waals surface area contributed by atoms with Crippen LogP contribution in [0.25, 0.3) is 0 Å². The first-order valence-corrected chi connectivity index (χ1v) is 4.11. The molecule has 0 N–H and O–H groups in total. The zero-order valence-electron chi connectivity index (χ0n) is 7.81. The Morgan fingerprint density at radius 2 is 0.929 bits per heavy atom. The smallest absolute Gasteiger partial charge is 0.106 e. The molecule has 7 nitrogen and oxygen atoms in total. The highest BCUT2D eigenvalue weighted by Gasteiger charge is 1.97. The first kappa shape index (κ1) is 13.4. The average molecular weight is 210 g/mol. The molecule has 2 heterocycles. The molecule has 0 aromatic carbocycles. The first-order chi connectivity index (χ1) is 7.00. The fourth-order valence-electron chi connectivity index (χ4n) is 0.558. The Balaban J connectivity index is 0.000000206. The third-order valence-corrected chi connectivity index (χ3v) is 1.10. The van der Waals surface area contributed by atoms with Gasteiger partial charge in [-0.2, -0.15) is 0 Å². The van der Waals surface area contributed by atoms with Crippen LogP contribution in [0.15, 0.2) is 0 Å². The van der Waals surface area contributed by atoms with E-state index in [-0.39, 0.29) is 0 Å². The Hall–Kier alpha value is -0.570. The summed E-state index contributed by atoms with van der Waals surface area (Å²) in [7, 11) is 0. The second kappa shape index (κ2) is 12.4. The second-order valence-corrected chi connectivity index (χ2v) is 2.13. The Bertz CT molecular complexity index is 67.2. The summed E-state index contributed by atoms with van der Waals surface area (Å²) >= 11 is 0. The van der Waals surface area contributed by atoms with Crippen molar-refractivity contribution in [3.8, 4) is 0 Å². The Morgan fingerprint density at radius 1 is 0.643 bits per heavy atom. The van der Waals surface area contributed by atoms with Crippen molar-refractivity contribution in [2.24, 2.45) is 0 Å². The molecule has 2 saturated heterocycles. The van der Waals surface area contributed by atoms with E-state index in [9.17, 15) is 0 Å². The summed E-state index contributed by atoms with van der Waals surface area (Å²) in [5.41, 5.74) is 0. The molecule has 0 unspecified atom stereocenters. The minimum absolute atomic E-state index is 0.653. The molecule has 0 aromatic rings. The topological polar surface area (TPSA) is 72.5 Å². The highest BCUT2D eigenvalue weighted by Crippen LogP contribution is 1.94. The number of carbonyl (C=O) groups is 1. The first-order valence-electron chi connectivity index (χ1n) is 4.11. The van der Waals surface area contributed by atoms with Gasteiger partial charge in [0, 0.05) is 12.8 Å². The molecular weight excluding hydrogens is 196 g/mol. The number of carbonyl (C=O) groups excluding carboxylic acids is 1. The molecule has 0 radical (unpaired) electrons. The summed E-state index contributed by atoms with van der Waals surface area (Å²) in [5.74, 6) is 0. The van der Waals surface area contributed by atoms with E-state index in [4.69, 9.17) is 4.79 Å². The molecule has 7 heteroatoms. The molecule has 0 aromatic heterocycles. The molecule has 0 aliphatic carbocycles. The van der Waals surface area contributed by atoms with Crippen LogP contribution < -0.4 is 0 Å². The summed E-state index contributed by atoms with van der Waals surface area (Å²) in [5, 5.41) is 8.14. The van der Waals surface area contributed by atoms with Crippen LogP contribution in [0.3, 0.4) is 0 Å². The van der Waals surface area contributed by atoms with Crippen molar-refractivity contribution in [3.63, 3.8) is 0 Å². The standard InChI is InChI=1S/2C3H6O3.CH2O/c2*1-2-4-6-5-3-1;1-2/h2*1-3H2;1H2. The molecule has 0 bridgehead atoms. The van der Waals surface area contributed by atoms with Crippen LogP contribution in [0, 0.1) is 0 Å². The lowest BCUT2D eigenvalue weighted by Gasteiger charge is -2.06. The predicted octanol–water partition coefficient (Wildman–Crippen LogP) is 0.355. The van der Waals surface area contributed by atoms with Crippen molar-refractivity contribution in [1.82, 2.24) is 0 Å². The van der Waals surface area contributed by atoms with Crippen LogP contribution in [-0.2, 0) is 34.4 Å². The number of hydrogen-bond acceptors (Lipinski definition) is 7. The summed E-state index contributed by atoms with van der Waals surface area (Å²) < 4.78 is 0. The SMILES string of the molecule is C1COOOC1.C1COOOC1.C=O. The van der Waals surface area contributed by atoms with Crippen molar-refractivity contribution in [2.45, 2.75) is 12.8 Å². The van der Waals surface area contributed by atoms with Crippen molar-refractivity contribution < 1.29 is 34.4 Å². The van der Waals surface area contributed by atoms with Gasteiger partial charge in [0.05, 0.1) is 26.4 Å². The van der Waals surface area contributed by atoms with Gasteiger partial charge >= 0.3 is 0 Å². The van der Waals surface area contributed by atoms with Crippen LogP contribution in [0.1, 0.15) is 12.8 Å². The van der Waals surface area contributed by atoms with Crippen molar-refractivity contribution in [2.75, 3.05) is 26.4 Å². The van der Waals surface area contributed by atoms with Gasteiger partial charge in [0.1, 0.15) is 6.79 Å². The van der Waals surface area contributed by atoms with Gasteiger partial charge in [0.2, 0.25) is 0 Å². The van der Waals surface area contributed by atoms with Gasteiger partial charge in [-0.25, -0.2) is 19.6 Å². The van der Waals surface area contributed by atoms with E-state index in [1.54, 1.807) is 0 Å². The van der Waals surface area contributed by atoms with E-state index in [0.717, 1.165) is 12.8 Å². The Labute approximate surface area is 81.5 Å². The van der Waals surface area contributed by atoms with Crippen molar-refractivity contribution in [1.29, 1.82) is 0 Å². The van der Waals surface area contributed by atoms with Crippen LogP contribution >= 0.6 is 0 Å². The van der Waals surface area contributed by atoms with Crippen LogP contribution in [0.4, 0.5) is 0 Å². The third kappa shape index (κ3) is 9.52. The maximum absolute atomic E-state index is 8.00. The molecule has 0 saturated carbocycles. The van der Waals surface area contributed by atoms with E-state index in [1.807, 2.05) is 6.79 Å². The van der Waals surface area contributed by atoms with E-state index < -0.39 is 0 Å². The number of rotatable bonds is 0. The molecule has 84 valence electrons. The van der Waals surface area contributed by atoms with Gasteiger partial charge in [-0.1, -0.05) is 10.1 Å². The monoisotopic (exact) mass is 210 g/mol. The zero-order chi connectivity index (χ0) is 10.5. The summed E-state index contributed by atoms with van der Waals surface area (Å²) in [6.07, 6.45) is 1.86. The minimum atomic E-state index is 0.653. The Morgan fingerprint density at radius 3 is 1.00 bits per heavy atom. The highest BCUT2D eigenvalue weighted by molar-refractivity contribution is 5.10. The minimum Gasteiger partial charge on any atom is -0.307 e.